The molecule has 1 heterocycles. The Kier molecular flexibility index (Phi) is 7.10. The van der Waals surface area contributed by atoms with Crippen LogP contribution in [0.2, 0.25) is 0 Å². The number of piperazine rings is 1. The van der Waals surface area contributed by atoms with Gasteiger partial charge < -0.3 is 14.5 Å². The van der Waals surface area contributed by atoms with Crippen LogP contribution in [0.4, 0.5) is 0 Å². The molecule has 0 radical (unpaired) electrons. The first kappa shape index (κ1) is 18.9. The molecule has 2 aromatic rings. The van der Waals surface area contributed by atoms with Crippen molar-refractivity contribution in [3.8, 4) is 16.9 Å². The molecule has 0 unspecified atom stereocenters. The molecule has 0 aromatic heterocycles. The highest BCUT2D eigenvalue weighted by molar-refractivity contribution is 5.71. The van der Waals surface area contributed by atoms with Gasteiger partial charge in [0.25, 0.3) is 0 Å². The molecule has 1 saturated heterocycles. The lowest BCUT2D eigenvalue weighted by atomic mass is 9.99. The Balaban J connectivity index is 1.64. The first-order valence-electron chi connectivity index (χ1n) is 9.98. The molecular formula is C23H32N2O. The van der Waals surface area contributed by atoms with Crippen LogP contribution in [0.1, 0.15) is 25.3 Å². The van der Waals surface area contributed by atoms with Gasteiger partial charge in [0.2, 0.25) is 0 Å². The summed E-state index contributed by atoms with van der Waals surface area (Å²) in [5, 5.41) is 0. The van der Waals surface area contributed by atoms with Crippen molar-refractivity contribution < 1.29 is 4.74 Å². The third-order valence-electron chi connectivity index (χ3n) is 5.13. The molecule has 1 aliphatic rings. The van der Waals surface area contributed by atoms with Gasteiger partial charge in [-0.2, -0.15) is 0 Å². The molecule has 3 nitrogen and oxygen atoms in total. The van der Waals surface area contributed by atoms with Crippen molar-refractivity contribution in [1.29, 1.82) is 0 Å². The summed E-state index contributed by atoms with van der Waals surface area (Å²) < 4.78 is 5.99. The Morgan fingerprint density at radius 1 is 0.962 bits per heavy atom. The van der Waals surface area contributed by atoms with Crippen LogP contribution >= 0.6 is 0 Å². The molecule has 0 spiro atoms. The van der Waals surface area contributed by atoms with Crippen molar-refractivity contribution in [2.45, 2.75) is 26.2 Å². The SMILES string of the molecule is CCCOc1ccc(CCCN2CCN(C)CC2)cc1-c1ccccc1. The number of aryl methyl sites for hydroxylation is 1. The Morgan fingerprint density at radius 3 is 2.46 bits per heavy atom. The quantitative estimate of drug-likeness (QED) is 0.703. The molecule has 0 N–H and O–H groups in total. The van der Waals surface area contributed by atoms with Gasteiger partial charge >= 0.3 is 0 Å². The van der Waals surface area contributed by atoms with E-state index in [2.05, 4.69) is 72.3 Å². The van der Waals surface area contributed by atoms with Crippen LogP contribution in [0.15, 0.2) is 48.5 Å². The van der Waals surface area contributed by atoms with Gasteiger partial charge in [0.05, 0.1) is 6.61 Å². The molecule has 3 heteroatoms. The van der Waals surface area contributed by atoms with Crippen LogP contribution in [0.25, 0.3) is 11.1 Å². The van der Waals surface area contributed by atoms with Gasteiger partial charge in [-0.25, -0.2) is 0 Å². The predicted octanol–water partition coefficient (Wildman–Crippen LogP) is 4.32. The van der Waals surface area contributed by atoms with E-state index in [0.29, 0.717) is 0 Å². The average Bonchev–Trinajstić information content (AvgIpc) is 2.69. The summed E-state index contributed by atoms with van der Waals surface area (Å²) in [6.45, 7) is 8.91. The van der Waals surface area contributed by atoms with E-state index in [1.54, 1.807) is 0 Å². The van der Waals surface area contributed by atoms with Crippen molar-refractivity contribution in [2.75, 3.05) is 46.4 Å². The van der Waals surface area contributed by atoms with Gasteiger partial charge in [0, 0.05) is 31.7 Å². The summed E-state index contributed by atoms with van der Waals surface area (Å²) in [7, 11) is 2.21. The van der Waals surface area contributed by atoms with E-state index >= 15 is 0 Å². The molecular weight excluding hydrogens is 320 g/mol. The lowest BCUT2D eigenvalue weighted by Crippen LogP contribution is -2.44. The van der Waals surface area contributed by atoms with Crippen LogP contribution < -0.4 is 4.74 Å². The topological polar surface area (TPSA) is 15.7 Å². The molecule has 26 heavy (non-hydrogen) atoms. The van der Waals surface area contributed by atoms with Gasteiger partial charge in [-0.3, -0.25) is 0 Å². The normalized spacial score (nSPS) is 15.9. The fraction of sp³-hybridized carbons (Fsp3) is 0.478. The lowest BCUT2D eigenvalue weighted by molar-refractivity contribution is 0.153. The van der Waals surface area contributed by atoms with Gasteiger partial charge in [-0.15, -0.1) is 0 Å². The maximum absolute atomic E-state index is 5.99. The highest BCUT2D eigenvalue weighted by Gasteiger charge is 2.13. The van der Waals surface area contributed by atoms with Gasteiger partial charge in [-0.05, 0) is 56.1 Å². The second-order valence-electron chi connectivity index (χ2n) is 7.29. The largest absolute Gasteiger partial charge is 0.493 e. The average molecular weight is 353 g/mol. The van der Waals surface area contributed by atoms with E-state index in [-0.39, 0.29) is 0 Å². The Labute approximate surface area is 158 Å². The van der Waals surface area contributed by atoms with Gasteiger partial charge in [-0.1, -0.05) is 43.3 Å². The minimum Gasteiger partial charge on any atom is -0.493 e. The molecule has 2 aromatic carbocycles. The van der Waals surface area contributed by atoms with Crippen molar-refractivity contribution in [3.63, 3.8) is 0 Å². The number of hydrogen-bond acceptors (Lipinski definition) is 3. The van der Waals surface area contributed by atoms with Crippen LogP contribution in [-0.4, -0.2) is 56.2 Å². The summed E-state index contributed by atoms with van der Waals surface area (Å²) in [5.74, 6) is 1.00. The minimum absolute atomic E-state index is 0.766. The number of rotatable bonds is 8. The molecule has 0 aliphatic carbocycles. The zero-order valence-corrected chi connectivity index (χ0v) is 16.3. The standard InChI is InChI=1S/C23H32N2O/c1-3-18-26-23-12-11-20(19-22(23)21-9-5-4-6-10-21)8-7-13-25-16-14-24(2)15-17-25/h4-6,9-12,19H,3,7-8,13-18H2,1-2H3. The second-order valence-corrected chi connectivity index (χ2v) is 7.29. The van der Waals surface area contributed by atoms with E-state index in [0.717, 1.165) is 25.2 Å². The molecule has 1 fully saturated rings. The van der Waals surface area contributed by atoms with E-state index in [9.17, 15) is 0 Å². The predicted molar refractivity (Wildman–Crippen MR) is 110 cm³/mol. The number of hydrogen-bond donors (Lipinski definition) is 0. The summed E-state index contributed by atoms with van der Waals surface area (Å²) in [4.78, 5) is 5.01. The van der Waals surface area contributed by atoms with Gasteiger partial charge in [0.15, 0.2) is 0 Å². The maximum atomic E-state index is 5.99. The van der Waals surface area contributed by atoms with Gasteiger partial charge in [0.1, 0.15) is 5.75 Å². The van der Waals surface area contributed by atoms with E-state index in [1.807, 2.05) is 0 Å². The Morgan fingerprint density at radius 2 is 1.73 bits per heavy atom. The summed E-state index contributed by atoms with van der Waals surface area (Å²) in [6, 6.07) is 17.3. The third kappa shape index (κ3) is 5.33. The van der Waals surface area contributed by atoms with Crippen LogP contribution in [0, 0.1) is 0 Å². The fourth-order valence-electron chi connectivity index (χ4n) is 3.49. The Hall–Kier alpha value is -1.84. The zero-order valence-electron chi connectivity index (χ0n) is 16.3. The fourth-order valence-corrected chi connectivity index (χ4v) is 3.49. The van der Waals surface area contributed by atoms with E-state index < -0.39 is 0 Å². The van der Waals surface area contributed by atoms with Crippen molar-refractivity contribution in [2.24, 2.45) is 0 Å². The van der Waals surface area contributed by atoms with E-state index in [4.69, 9.17) is 4.74 Å². The molecule has 1 aliphatic heterocycles. The molecule has 0 amide bonds. The van der Waals surface area contributed by atoms with Crippen LogP contribution in [-0.2, 0) is 6.42 Å². The zero-order chi connectivity index (χ0) is 18.2. The molecule has 0 atom stereocenters. The highest BCUT2D eigenvalue weighted by atomic mass is 16.5. The Bertz CT molecular complexity index is 663. The number of likely N-dealkylation sites (N-methyl/N-ethyl adjacent to an activating group) is 1. The van der Waals surface area contributed by atoms with Crippen molar-refractivity contribution in [3.05, 3.63) is 54.1 Å². The smallest absolute Gasteiger partial charge is 0.127 e. The number of benzene rings is 2. The van der Waals surface area contributed by atoms with E-state index in [1.165, 1.54) is 55.8 Å². The van der Waals surface area contributed by atoms with Crippen LogP contribution in [0.5, 0.6) is 5.75 Å². The highest BCUT2D eigenvalue weighted by Crippen LogP contribution is 2.31. The molecule has 0 saturated carbocycles. The number of nitrogens with zero attached hydrogens (tertiary/aromatic N) is 2. The summed E-state index contributed by atoms with van der Waals surface area (Å²) in [6.07, 6.45) is 3.37. The van der Waals surface area contributed by atoms with Crippen LogP contribution in [0.3, 0.4) is 0 Å². The van der Waals surface area contributed by atoms with Crippen molar-refractivity contribution in [1.82, 2.24) is 9.80 Å². The molecule has 3 rings (SSSR count). The molecule has 0 bridgehead atoms. The summed E-state index contributed by atoms with van der Waals surface area (Å²) in [5.41, 5.74) is 3.86. The number of ether oxygens (including phenoxy) is 1. The summed E-state index contributed by atoms with van der Waals surface area (Å²) >= 11 is 0. The van der Waals surface area contributed by atoms with Crippen molar-refractivity contribution >= 4 is 0 Å². The monoisotopic (exact) mass is 352 g/mol. The molecule has 140 valence electrons. The maximum Gasteiger partial charge on any atom is 0.127 e. The first-order valence-corrected chi connectivity index (χ1v) is 9.98. The lowest BCUT2D eigenvalue weighted by Gasteiger charge is -2.32. The first-order chi connectivity index (χ1) is 12.8. The third-order valence-corrected chi connectivity index (χ3v) is 5.13. The minimum atomic E-state index is 0.766. The second kappa shape index (κ2) is 9.75.